The molecule has 1 aromatic rings. The Bertz CT molecular complexity index is 543. The van der Waals surface area contributed by atoms with E-state index in [1.54, 1.807) is 0 Å². The number of nitrogens with zero attached hydrogens (tertiary/aromatic N) is 3. The summed E-state index contributed by atoms with van der Waals surface area (Å²) in [6, 6.07) is -0.509. The summed E-state index contributed by atoms with van der Waals surface area (Å²) in [4.78, 5) is 11.4. The fraction of sp³-hybridized carbons (Fsp3) is 0.786. The fourth-order valence-corrected chi connectivity index (χ4v) is 2.75. The first kappa shape index (κ1) is 17.7. The summed E-state index contributed by atoms with van der Waals surface area (Å²) in [6.07, 6.45) is -1.56. The molecule has 2 heterocycles. The fourth-order valence-electron chi connectivity index (χ4n) is 2.75. The van der Waals surface area contributed by atoms with Gasteiger partial charge in [-0.3, -0.25) is 10.1 Å². The molecule has 0 saturated carbocycles. The lowest BCUT2D eigenvalue weighted by Gasteiger charge is -2.26. The minimum Gasteiger partial charge on any atom is -0.368 e. The summed E-state index contributed by atoms with van der Waals surface area (Å²) >= 11 is 0. The average Bonchev–Trinajstić information content (AvgIpc) is 2.88. The molecule has 1 aliphatic heterocycles. The predicted molar refractivity (Wildman–Crippen MR) is 77.2 cm³/mol. The summed E-state index contributed by atoms with van der Waals surface area (Å²) < 4.78 is 40.2. The van der Waals surface area contributed by atoms with E-state index >= 15 is 0 Å². The lowest BCUT2D eigenvalue weighted by Crippen LogP contribution is -2.41. The van der Waals surface area contributed by atoms with Crippen LogP contribution in [0.1, 0.15) is 44.3 Å². The molecule has 0 bridgehead atoms. The van der Waals surface area contributed by atoms with Crippen LogP contribution in [-0.4, -0.2) is 32.9 Å². The van der Waals surface area contributed by atoms with Crippen LogP contribution in [0.5, 0.6) is 0 Å². The van der Waals surface area contributed by atoms with Crippen LogP contribution in [0.2, 0.25) is 0 Å². The van der Waals surface area contributed by atoms with Gasteiger partial charge in [-0.1, -0.05) is 19.8 Å². The number of aryl methyl sites for hydroxylation is 1. The molecular formula is C14H22F3N5O. The van der Waals surface area contributed by atoms with Gasteiger partial charge in [-0.2, -0.15) is 13.2 Å². The number of aromatic nitrogens is 3. The minimum absolute atomic E-state index is 0.0372. The van der Waals surface area contributed by atoms with Crippen LogP contribution in [0.25, 0.3) is 0 Å². The van der Waals surface area contributed by atoms with Gasteiger partial charge in [0.25, 0.3) is 0 Å². The zero-order valence-corrected chi connectivity index (χ0v) is 13.1. The summed E-state index contributed by atoms with van der Waals surface area (Å²) in [6.45, 7) is 2.01. The van der Waals surface area contributed by atoms with Crippen LogP contribution in [0.15, 0.2) is 0 Å². The highest BCUT2D eigenvalue weighted by Gasteiger charge is 2.42. The number of amides is 1. The standard InChI is InChI=1S/C14H22F3N5O/c1-2-3-4-10(13(18)23)19-7-12-21-20-11-6-5-9(8-22(11)12)14(15,16)17/h9-10,19H,2-8H2,1H3,(H2,18,23). The van der Waals surface area contributed by atoms with Gasteiger partial charge in [0, 0.05) is 13.0 Å². The van der Waals surface area contributed by atoms with Gasteiger partial charge in [0.2, 0.25) is 5.91 Å². The van der Waals surface area contributed by atoms with Crippen molar-refractivity contribution in [1.82, 2.24) is 20.1 Å². The molecule has 130 valence electrons. The molecule has 23 heavy (non-hydrogen) atoms. The second-order valence-corrected chi connectivity index (χ2v) is 5.90. The van der Waals surface area contributed by atoms with Crippen LogP contribution in [-0.2, 0) is 24.3 Å². The van der Waals surface area contributed by atoms with E-state index in [2.05, 4.69) is 15.5 Å². The molecular weight excluding hydrogens is 311 g/mol. The molecule has 0 radical (unpaired) electrons. The quantitative estimate of drug-likeness (QED) is 0.792. The van der Waals surface area contributed by atoms with Crippen LogP contribution >= 0.6 is 0 Å². The minimum atomic E-state index is -4.22. The van der Waals surface area contributed by atoms with E-state index in [1.807, 2.05) is 6.92 Å². The second kappa shape index (κ2) is 7.29. The van der Waals surface area contributed by atoms with Crippen molar-refractivity contribution >= 4 is 5.91 Å². The average molecular weight is 333 g/mol. The molecule has 2 rings (SSSR count). The number of alkyl halides is 3. The van der Waals surface area contributed by atoms with Crippen molar-refractivity contribution in [3.63, 3.8) is 0 Å². The van der Waals surface area contributed by atoms with Crippen molar-refractivity contribution in [2.24, 2.45) is 11.7 Å². The van der Waals surface area contributed by atoms with E-state index in [0.717, 1.165) is 12.8 Å². The number of rotatable bonds is 7. The molecule has 1 aromatic heterocycles. The highest BCUT2D eigenvalue weighted by atomic mass is 19.4. The number of primary amides is 1. The van der Waals surface area contributed by atoms with Crippen LogP contribution in [0.4, 0.5) is 13.2 Å². The number of fused-ring (bicyclic) bond motifs is 1. The molecule has 2 unspecified atom stereocenters. The number of carbonyl (C=O) groups excluding carboxylic acids is 1. The zero-order valence-electron chi connectivity index (χ0n) is 13.1. The Morgan fingerprint density at radius 3 is 2.83 bits per heavy atom. The number of nitrogens with one attached hydrogen (secondary N) is 1. The maximum atomic E-state index is 12.9. The Morgan fingerprint density at radius 2 is 2.22 bits per heavy atom. The van der Waals surface area contributed by atoms with Crippen molar-refractivity contribution in [2.45, 2.75) is 64.3 Å². The maximum Gasteiger partial charge on any atom is 0.393 e. The third-order valence-corrected chi connectivity index (χ3v) is 4.18. The van der Waals surface area contributed by atoms with Gasteiger partial charge in [0.15, 0.2) is 0 Å². The number of halogens is 3. The van der Waals surface area contributed by atoms with Crippen molar-refractivity contribution in [1.29, 1.82) is 0 Å². The normalized spacial score (nSPS) is 19.4. The number of unbranched alkanes of at least 4 members (excludes halogenated alkanes) is 1. The van der Waals surface area contributed by atoms with Gasteiger partial charge < -0.3 is 10.3 Å². The summed E-state index contributed by atoms with van der Waals surface area (Å²) in [5.41, 5.74) is 5.34. The summed E-state index contributed by atoms with van der Waals surface area (Å²) in [5, 5.41) is 10.9. The Balaban J connectivity index is 2.02. The third-order valence-electron chi connectivity index (χ3n) is 4.18. The highest BCUT2D eigenvalue weighted by molar-refractivity contribution is 5.79. The van der Waals surface area contributed by atoms with Gasteiger partial charge in [0.05, 0.1) is 18.5 Å². The molecule has 2 atom stereocenters. The van der Waals surface area contributed by atoms with Gasteiger partial charge in [0.1, 0.15) is 11.6 Å². The first-order valence-electron chi connectivity index (χ1n) is 7.83. The number of nitrogens with two attached hydrogens (primary N) is 1. The molecule has 0 aliphatic carbocycles. The third kappa shape index (κ3) is 4.43. The Hall–Kier alpha value is -1.64. The van der Waals surface area contributed by atoms with Crippen molar-refractivity contribution < 1.29 is 18.0 Å². The first-order valence-corrected chi connectivity index (χ1v) is 7.83. The van der Waals surface area contributed by atoms with Crippen molar-refractivity contribution in [3.8, 4) is 0 Å². The first-order chi connectivity index (χ1) is 10.8. The Morgan fingerprint density at radius 1 is 1.48 bits per heavy atom. The van der Waals surface area contributed by atoms with E-state index in [9.17, 15) is 18.0 Å². The lowest BCUT2D eigenvalue weighted by atomic mass is 9.99. The number of hydrogen-bond acceptors (Lipinski definition) is 4. The molecule has 3 N–H and O–H groups in total. The van der Waals surface area contributed by atoms with Gasteiger partial charge >= 0.3 is 6.18 Å². The van der Waals surface area contributed by atoms with Crippen LogP contribution in [0, 0.1) is 5.92 Å². The van der Waals surface area contributed by atoms with Crippen LogP contribution < -0.4 is 11.1 Å². The molecule has 0 aromatic carbocycles. The molecule has 1 amide bonds. The van der Waals surface area contributed by atoms with E-state index < -0.39 is 24.0 Å². The van der Waals surface area contributed by atoms with Gasteiger partial charge in [-0.15, -0.1) is 10.2 Å². The zero-order chi connectivity index (χ0) is 17.0. The van der Waals surface area contributed by atoms with Crippen LogP contribution in [0.3, 0.4) is 0 Å². The molecule has 6 nitrogen and oxygen atoms in total. The largest absolute Gasteiger partial charge is 0.393 e. The monoisotopic (exact) mass is 333 g/mol. The van der Waals surface area contributed by atoms with E-state index in [-0.39, 0.29) is 25.9 Å². The Kier molecular flexibility index (Phi) is 5.61. The summed E-state index contributed by atoms with van der Waals surface area (Å²) in [5.74, 6) is -0.870. The van der Waals surface area contributed by atoms with E-state index in [0.29, 0.717) is 18.1 Å². The lowest BCUT2D eigenvalue weighted by molar-refractivity contribution is -0.182. The number of carbonyl (C=O) groups is 1. The maximum absolute atomic E-state index is 12.9. The molecule has 0 saturated heterocycles. The second-order valence-electron chi connectivity index (χ2n) is 5.90. The van der Waals surface area contributed by atoms with Crippen molar-refractivity contribution in [3.05, 3.63) is 11.6 Å². The topological polar surface area (TPSA) is 85.8 Å². The molecule has 9 heteroatoms. The smallest absolute Gasteiger partial charge is 0.368 e. The molecule has 1 aliphatic rings. The Labute approximate surface area is 132 Å². The predicted octanol–water partition coefficient (Wildman–Crippen LogP) is 1.54. The molecule has 0 spiro atoms. The number of hydrogen-bond donors (Lipinski definition) is 2. The SMILES string of the molecule is CCCCC(NCc1nnc2n1CC(C(F)(F)F)CC2)C(N)=O. The summed E-state index contributed by atoms with van der Waals surface area (Å²) in [7, 11) is 0. The van der Waals surface area contributed by atoms with E-state index in [4.69, 9.17) is 5.73 Å². The molecule has 0 fully saturated rings. The van der Waals surface area contributed by atoms with Gasteiger partial charge in [-0.05, 0) is 12.8 Å². The van der Waals surface area contributed by atoms with Gasteiger partial charge in [-0.25, -0.2) is 0 Å². The van der Waals surface area contributed by atoms with Crippen molar-refractivity contribution in [2.75, 3.05) is 0 Å². The van der Waals surface area contributed by atoms with E-state index in [1.165, 1.54) is 4.57 Å². The highest BCUT2D eigenvalue weighted by Crippen LogP contribution is 2.34.